The molecule has 0 spiro atoms. The molecular formula is C11H12Cl2FNO2. The lowest BCUT2D eigenvalue weighted by Crippen LogP contribution is -2.15. The Morgan fingerprint density at radius 3 is 2.59 bits per heavy atom. The van der Waals surface area contributed by atoms with Gasteiger partial charge in [-0.2, -0.15) is 0 Å². The van der Waals surface area contributed by atoms with Crippen LogP contribution in [0.2, 0.25) is 10.3 Å². The van der Waals surface area contributed by atoms with Crippen molar-refractivity contribution in [1.82, 2.24) is 4.98 Å². The molecule has 1 atom stereocenters. The third-order valence-corrected chi connectivity index (χ3v) is 2.98. The first-order valence-electron chi connectivity index (χ1n) is 5.10. The number of Topliss-reactive ketones (excluding diaryl/α,β-unsaturated/α-hetero) is 1. The average Bonchev–Trinajstić information content (AvgIpc) is 2.25. The molecule has 1 aromatic rings. The second-order valence-corrected chi connectivity index (χ2v) is 4.41. The highest BCUT2D eigenvalue weighted by Gasteiger charge is 2.22. The van der Waals surface area contributed by atoms with Crippen molar-refractivity contribution in [3.63, 3.8) is 0 Å². The number of aromatic nitrogens is 1. The summed E-state index contributed by atoms with van der Waals surface area (Å²) in [6, 6.07) is 0. The van der Waals surface area contributed by atoms with Gasteiger partial charge in [-0.3, -0.25) is 4.79 Å². The highest BCUT2D eigenvalue weighted by atomic mass is 35.5. The number of rotatable bonds is 4. The van der Waals surface area contributed by atoms with Gasteiger partial charge < -0.3 is 5.11 Å². The third kappa shape index (κ3) is 3.15. The average molecular weight is 280 g/mol. The molecule has 1 heterocycles. The Hall–Kier alpha value is -0.710. The molecule has 1 rings (SSSR count). The fourth-order valence-electron chi connectivity index (χ4n) is 1.39. The number of hydrogen-bond donors (Lipinski definition) is 1. The van der Waals surface area contributed by atoms with Crippen molar-refractivity contribution < 1.29 is 14.3 Å². The Kier molecular flexibility index (Phi) is 4.86. The van der Waals surface area contributed by atoms with E-state index in [-0.39, 0.29) is 27.9 Å². The van der Waals surface area contributed by atoms with Crippen molar-refractivity contribution in [3.05, 3.63) is 27.3 Å². The second-order valence-electron chi connectivity index (χ2n) is 3.70. The zero-order valence-electron chi connectivity index (χ0n) is 9.43. The number of hydrogen-bond acceptors (Lipinski definition) is 3. The third-order valence-electron chi connectivity index (χ3n) is 2.46. The molecule has 0 radical (unpaired) electrons. The summed E-state index contributed by atoms with van der Waals surface area (Å²) in [6.45, 7) is 3.15. The molecule has 0 fully saturated rings. The zero-order valence-corrected chi connectivity index (χ0v) is 10.9. The van der Waals surface area contributed by atoms with Gasteiger partial charge >= 0.3 is 0 Å². The molecule has 6 heteroatoms. The predicted octanol–water partition coefficient (Wildman–Crippen LogP) is 3.18. The summed E-state index contributed by atoms with van der Waals surface area (Å²) in [6.07, 6.45) is -0.442. The van der Waals surface area contributed by atoms with E-state index in [0.717, 1.165) is 0 Å². The molecule has 94 valence electrons. The van der Waals surface area contributed by atoms with Crippen LogP contribution in [0.5, 0.6) is 0 Å². The van der Waals surface area contributed by atoms with Gasteiger partial charge in [-0.25, -0.2) is 9.37 Å². The lowest BCUT2D eigenvalue weighted by molar-refractivity contribution is 0.0874. The SMILES string of the molecule is CCC(O)CC(=O)c1c(Cl)nc(Cl)c(F)c1C. The van der Waals surface area contributed by atoms with Gasteiger partial charge in [0.2, 0.25) is 0 Å². The largest absolute Gasteiger partial charge is 0.393 e. The molecule has 0 aliphatic carbocycles. The molecule has 3 nitrogen and oxygen atoms in total. The first-order valence-corrected chi connectivity index (χ1v) is 5.86. The topological polar surface area (TPSA) is 50.2 Å². The summed E-state index contributed by atoms with van der Waals surface area (Å²) < 4.78 is 13.5. The smallest absolute Gasteiger partial charge is 0.168 e. The standard InChI is InChI=1S/C11H12Cl2FNO2/c1-3-6(16)4-7(17)8-5(2)9(14)11(13)15-10(8)12/h6,16H,3-4H2,1-2H3. The molecule has 1 N–H and O–H groups in total. The fraction of sp³-hybridized carbons (Fsp3) is 0.455. The minimum absolute atomic E-state index is 0.0129. The highest BCUT2D eigenvalue weighted by molar-refractivity contribution is 6.35. The van der Waals surface area contributed by atoms with E-state index >= 15 is 0 Å². The maximum absolute atomic E-state index is 13.5. The van der Waals surface area contributed by atoms with Crippen LogP contribution >= 0.6 is 23.2 Å². The first-order chi connectivity index (χ1) is 7.88. The summed E-state index contributed by atoms with van der Waals surface area (Å²) in [5, 5.41) is 8.89. The number of aliphatic hydroxyl groups is 1. The monoisotopic (exact) mass is 279 g/mol. The first kappa shape index (κ1) is 14.4. The molecule has 1 aromatic heterocycles. The number of ketones is 1. The number of carbonyl (C=O) groups excluding carboxylic acids is 1. The second kappa shape index (κ2) is 5.76. The summed E-state index contributed by atoms with van der Waals surface area (Å²) in [5.41, 5.74) is 0.0457. The van der Waals surface area contributed by atoms with Gasteiger partial charge in [0, 0.05) is 12.0 Å². The van der Waals surface area contributed by atoms with E-state index < -0.39 is 17.7 Å². The minimum atomic E-state index is -0.767. The molecule has 0 aromatic carbocycles. The number of nitrogens with zero attached hydrogens (tertiary/aromatic N) is 1. The predicted molar refractivity (Wildman–Crippen MR) is 64.2 cm³/mol. The van der Waals surface area contributed by atoms with E-state index in [2.05, 4.69) is 4.98 Å². The Morgan fingerprint density at radius 1 is 1.47 bits per heavy atom. The van der Waals surface area contributed by atoms with Crippen LogP contribution in [0.4, 0.5) is 4.39 Å². The molecule has 0 amide bonds. The van der Waals surface area contributed by atoms with Crippen LogP contribution in [-0.2, 0) is 0 Å². The quantitative estimate of drug-likeness (QED) is 0.680. The van der Waals surface area contributed by atoms with Crippen LogP contribution in [0.15, 0.2) is 0 Å². The number of halogens is 3. The summed E-state index contributed by atoms with van der Waals surface area (Å²) >= 11 is 11.3. The maximum atomic E-state index is 13.5. The van der Waals surface area contributed by atoms with Gasteiger partial charge in [-0.05, 0) is 13.3 Å². The Balaban J connectivity index is 3.14. The van der Waals surface area contributed by atoms with Crippen molar-refractivity contribution in [2.45, 2.75) is 32.8 Å². The Labute approximate surface area is 109 Å². The van der Waals surface area contributed by atoms with Crippen LogP contribution in [-0.4, -0.2) is 22.0 Å². The van der Waals surface area contributed by atoms with E-state index in [4.69, 9.17) is 23.2 Å². The van der Waals surface area contributed by atoms with E-state index in [1.54, 1.807) is 6.92 Å². The van der Waals surface area contributed by atoms with Gasteiger partial charge in [0.05, 0.1) is 11.7 Å². The van der Waals surface area contributed by atoms with Crippen LogP contribution < -0.4 is 0 Å². The van der Waals surface area contributed by atoms with Gasteiger partial charge in [0.1, 0.15) is 5.15 Å². The molecule has 0 bridgehead atoms. The van der Waals surface area contributed by atoms with Crippen molar-refractivity contribution in [1.29, 1.82) is 0 Å². The van der Waals surface area contributed by atoms with E-state index in [9.17, 15) is 14.3 Å². The van der Waals surface area contributed by atoms with Crippen LogP contribution in [0, 0.1) is 12.7 Å². The van der Waals surface area contributed by atoms with Crippen molar-refractivity contribution >= 4 is 29.0 Å². The molecule has 17 heavy (non-hydrogen) atoms. The number of carbonyl (C=O) groups is 1. The summed E-state index contributed by atoms with van der Waals surface area (Å²) in [7, 11) is 0. The van der Waals surface area contributed by atoms with E-state index in [1.807, 2.05) is 0 Å². The molecule has 0 saturated carbocycles. The number of aliphatic hydroxyl groups excluding tert-OH is 1. The van der Waals surface area contributed by atoms with Gasteiger partial charge in [0.15, 0.2) is 16.8 Å². The summed E-state index contributed by atoms with van der Waals surface area (Å²) in [4.78, 5) is 15.4. The Morgan fingerprint density at radius 2 is 2.06 bits per heavy atom. The molecule has 0 aliphatic rings. The van der Waals surface area contributed by atoms with Crippen molar-refractivity contribution in [3.8, 4) is 0 Å². The normalized spacial score (nSPS) is 12.6. The lowest BCUT2D eigenvalue weighted by atomic mass is 10.0. The van der Waals surface area contributed by atoms with Gasteiger partial charge in [0.25, 0.3) is 0 Å². The molecule has 0 aliphatic heterocycles. The molecule has 0 saturated heterocycles. The maximum Gasteiger partial charge on any atom is 0.168 e. The summed E-state index contributed by atoms with van der Waals surface area (Å²) in [5.74, 6) is -1.20. The minimum Gasteiger partial charge on any atom is -0.393 e. The molecular weight excluding hydrogens is 268 g/mol. The fourth-order valence-corrected chi connectivity index (χ4v) is 2.00. The zero-order chi connectivity index (χ0) is 13.2. The lowest BCUT2D eigenvalue weighted by Gasteiger charge is -2.11. The van der Waals surface area contributed by atoms with Crippen LogP contribution in [0.25, 0.3) is 0 Å². The molecule has 1 unspecified atom stereocenters. The highest BCUT2D eigenvalue weighted by Crippen LogP contribution is 2.26. The van der Waals surface area contributed by atoms with E-state index in [1.165, 1.54) is 6.92 Å². The Bertz CT molecular complexity index is 452. The van der Waals surface area contributed by atoms with Crippen LogP contribution in [0.1, 0.15) is 35.7 Å². The van der Waals surface area contributed by atoms with Crippen molar-refractivity contribution in [2.75, 3.05) is 0 Å². The van der Waals surface area contributed by atoms with Gasteiger partial charge in [-0.15, -0.1) is 0 Å². The van der Waals surface area contributed by atoms with Gasteiger partial charge in [-0.1, -0.05) is 30.1 Å². The van der Waals surface area contributed by atoms with E-state index in [0.29, 0.717) is 6.42 Å². The van der Waals surface area contributed by atoms with Crippen LogP contribution in [0.3, 0.4) is 0 Å². The van der Waals surface area contributed by atoms with Crippen molar-refractivity contribution in [2.24, 2.45) is 0 Å². The number of pyridine rings is 1.